The van der Waals surface area contributed by atoms with E-state index < -0.39 is 5.97 Å². The van der Waals surface area contributed by atoms with E-state index in [0.717, 1.165) is 15.7 Å². The van der Waals surface area contributed by atoms with Crippen molar-refractivity contribution in [3.05, 3.63) is 40.5 Å². The molecule has 0 unspecified atom stereocenters. The molecule has 5 heteroatoms. The summed E-state index contributed by atoms with van der Waals surface area (Å²) >= 11 is 3.47. The number of carbonyl (C=O) groups is 1. The zero-order valence-electron chi connectivity index (χ0n) is 10.1. The van der Waals surface area contributed by atoms with Crippen molar-refractivity contribution in [1.29, 1.82) is 0 Å². The summed E-state index contributed by atoms with van der Waals surface area (Å²) in [6.45, 7) is 3.94. The second kappa shape index (κ2) is 4.94. The van der Waals surface area contributed by atoms with E-state index in [1.165, 1.54) is 0 Å². The van der Waals surface area contributed by atoms with E-state index in [0.29, 0.717) is 0 Å². The van der Waals surface area contributed by atoms with E-state index >= 15 is 0 Å². The zero-order valence-corrected chi connectivity index (χ0v) is 11.7. The lowest BCUT2D eigenvalue weighted by Gasteiger charge is -2.11. The van der Waals surface area contributed by atoms with Crippen molar-refractivity contribution in [2.75, 3.05) is 0 Å². The number of carboxylic acids is 1. The molecule has 0 fully saturated rings. The lowest BCUT2D eigenvalue weighted by molar-refractivity contribution is 0.0689. The Bertz CT molecular complexity index is 590. The first-order chi connectivity index (χ1) is 8.50. The third-order valence-corrected chi connectivity index (χ3v) is 3.29. The van der Waals surface area contributed by atoms with Gasteiger partial charge in [-0.3, -0.25) is 4.68 Å². The second-order valence-electron chi connectivity index (χ2n) is 4.24. The number of hydrogen-bond acceptors (Lipinski definition) is 2. The van der Waals surface area contributed by atoms with Crippen LogP contribution in [0.15, 0.2) is 34.8 Å². The van der Waals surface area contributed by atoms with E-state index in [-0.39, 0.29) is 11.7 Å². The average molecular weight is 309 g/mol. The molecule has 0 radical (unpaired) electrons. The third-order valence-electron chi connectivity index (χ3n) is 2.59. The topological polar surface area (TPSA) is 55.1 Å². The second-order valence-corrected chi connectivity index (χ2v) is 5.09. The highest BCUT2D eigenvalue weighted by molar-refractivity contribution is 9.10. The Balaban J connectivity index is 2.63. The fourth-order valence-corrected chi connectivity index (χ4v) is 2.25. The highest BCUT2D eigenvalue weighted by Gasteiger charge is 2.17. The molecule has 0 aliphatic rings. The van der Waals surface area contributed by atoms with Crippen LogP contribution < -0.4 is 0 Å². The molecule has 18 heavy (non-hydrogen) atoms. The minimum absolute atomic E-state index is 0.0643. The third kappa shape index (κ3) is 2.31. The quantitative estimate of drug-likeness (QED) is 0.942. The van der Waals surface area contributed by atoms with Crippen LogP contribution in [0, 0.1) is 0 Å². The Labute approximate surface area is 113 Å². The number of rotatable bonds is 3. The Kier molecular flexibility index (Phi) is 3.52. The number of aromatic carboxylic acids is 1. The van der Waals surface area contributed by atoms with Crippen LogP contribution in [0.3, 0.4) is 0 Å². The van der Waals surface area contributed by atoms with Crippen LogP contribution in [-0.2, 0) is 0 Å². The minimum Gasteiger partial charge on any atom is -0.476 e. The molecular weight excluding hydrogens is 296 g/mol. The first kappa shape index (κ1) is 12.8. The van der Waals surface area contributed by atoms with Crippen molar-refractivity contribution in [3.63, 3.8) is 0 Å². The Morgan fingerprint density at radius 3 is 2.61 bits per heavy atom. The van der Waals surface area contributed by atoms with Gasteiger partial charge in [0.05, 0.1) is 5.69 Å². The van der Waals surface area contributed by atoms with Gasteiger partial charge in [0.1, 0.15) is 0 Å². The fourth-order valence-electron chi connectivity index (χ4n) is 1.76. The van der Waals surface area contributed by atoms with Gasteiger partial charge in [-0.1, -0.05) is 34.1 Å². The number of carboxylic acid groups (broad SMARTS) is 1. The van der Waals surface area contributed by atoms with E-state index in [1.807, 2.05) is 38.1 Å². The minimum atomic E-state index is -1.01. The summed E-state index contributed by atoms with van der Waals surface area (Å²) in [6, 6.07) is 9.39. The number of hydrogen-bond donors (Lipinski definition) is 1. The van der Waals surface area contributed by atoms with E-state index in [1.54, 1.807) is 10.7 Å². The van der Waals surface area contributed by atoms with E-state index in [9.17, 15) is 4.79 Å². The van der Waals surface area contributed by atoms with Gasteiger partial charge in [0.15, 0.2) is 5.69 Å². The molecule has 2 aromatic rings. The maximum atomic E-state index is 11.0. The van der Waals surface area contributed by atoms with Crippen molar-refractivity contribution in [2.45, 2.75) is 19.9 Å². The molecule has 0 bridgehead atoms. The Hall–Kier alpha value is -1.62. The van der Waals surface area contributed by atoms with Gasteiger partial charge < -0.3 is 5.11 Å². The van der Waals surface area contributed by atoms with Gasteiger partial charge >= 0.3 is 5.97 Å². The number of benzene rings is 1. The SMILES string of the molecule is CC(C)n1nc(C(=O)O)cc1-c1ccccc1Br. The van der Waals surface area contributed by atoms with Gasteiger partial charge in [-0.25, -0.2) is 4.79 Å². The first-order valence-electron chi connectivity index (χ1n) is 5.58. The van der Waals surface area contributed by atoms with Crippen molar-refractivity contribution in [3.8, 4) is 11.3 Å². The number of aromatic nitrogens is 2. The summed E-state index contributed by atoms with van der Waals surface area (Å²) in [7, 11) is 0. The zero-order chi connectivity index (χ0) is 13.3. The monoisotopic (exact) mass is 308 g/mol. The fraction of sp³-hybridized carbons (Fsp3) is 0.231. The molecule has 1 aromatic heterocycles. The normalized spacial score (nSPS) is 10.9. The molecule has 0 saturated heterocycles. The van der Waals surface area contributed by atoms with Crippen molar-refractivity contribution in [2.24, 2.45) is 0 Å². The molecule has 1 heterocycles. The molecule has 0 aliphatic carbocycles. The molecule has 2 rings (SSSR count). The summed E-state index contributed by atoms with van der Waals surface area (Å²) in [4.78, 5) is 11.0. The van der Waals surface area contributed by atoms with Gasteiger partial charge in [-0.05, 0) is 26.0 Å². The summed E-state index contributed by atoms with van der Waals surface area (Å²) < 4.78 is 2.65. The van der Waals surface area contributed by atoms with Crippen LogP contribution >= 0.6 is 15.9 Å². The van der Waals surface area contributed by atoms with Gasteiger partial charge in [0.25, 0.3) is 0 Å². The maximum absolute atomic E-state index is 11.0. The molecule has 0 amide bonds. The smallest absolute Gasteiger partial charge is 0.356 e. The van der Waals surface area contributed by atoms with Crippen LogP contribution in [0.2, 0.25) is 0 Å². The molecule has 0 spiro atoms. The molecule has 0 aliphatic heterocycles. The summed E-state index contributed by atoms with van der Waals surface area (Å²) in [5.41, 5.74) is 1.80. The van der Waals surface area contributed by atoms with Crippen LogP contribution in [-0.4, -0.2) is 20.9 Å². The lowest BCUT2D eigenvalue weighted by atomic mass is 10.1. The van der Waals surface area contributed by atoms with Gasteiger partial charge in [-0.2, -0.15) is 5.10 Å². The van der Waals surface area contributed by atoms with Crippen molar-refractivity contribution < 1.29 is 9.90 Å². The highest BCUT2D eigenvalue weighted by Crippen LogP contribution is 2.30. The summed E-state index contributed by atoms with van der Waals surface area (Å²) in [6.07, 6.45) is 0. The van der Waals surface area contributed by atoms with Crippen molar-refractivity contribution in [1.82, 2.24) is 9.78 Å². The molecular formula is C13H13BrN2O2. The van der Waals surface area contributed by atoms with Crippen LogP contribution in [0.5, 0.6) is 0 Å². The average Bonchev–Trinajstić information content (AvgIpc) is 2.74. The summed E-state index contributed by atoms with van der Waals surface area (Å²) in [5.74, 6) is -1.01. The van der Waals surface area contributed by atoms with Crippen LogP contribution in [0.25, 0.3) is 11.3 Å². The number of nitrogens with zero attached hydrogens (tertiary/aromatic N) is 2. The van der Waals surface area contributed by atoms with Gasteiger partial charge in [-0.15, -0.1) is 0 Å². The lowest BCUT2D eigenvalue weighted by Crippen LogP contribution is -2.06. The predicted octanol–water partition coefficient (Wildman–Crippen LogP) is 3.59. The Morgan fingerprint density at radius 2 is 2.06 bits per heavy atom. The van der Waals surface area contributed by atoms with Crippen LogP contribution in [0.1, 0.15) is 30.4 Å². The van der Waals surface area contributed by atoms with Crippen molar-refractivity contribution >= 4 is 21.9 Å². The van der Waals surface area contributed by atoms with Gasteiger partial charge in [0, 0.05) is 16.1 Å². The Morgan fingerprint density at radius 1 is 1.39 bits per heavy atom. The van der Waals surface area contributed by atoms with E-state index in [4.69, 9.17) is 5.11 Å². The molecule has 94 valence electrons. The maximum Gasteiger partial charge on any atom is 0.356 e. The van der Waals surface area contributed by atoms with Crippen LogP contribution in [0.4, 0.5) is 0 Å². The molecule has 1 aromatic carbocycles. The van der Waals surface area contributed by atoms with E-state index in [2.05, 4.69) is 21.0 Å². The molecule has 0 saturated carbocycles. The molecule has 0 atom stereocenters. The molecule has 1 N–H and O–H groups in total. The number of halogens is 1. The standard InChI is InChI=1S/C13H13BrN2O2/c1-8(2)16-12(7-11(15-16)13(17)18)9-5-3-4-6-10(9)14/h3-8H,1-2H3,(H,17,18). The highest BCUT2D eigenvalue weighted by atomic mass is 79.9. The predicted molar refractivity (Wildman–Crippen MR) is 72.7 cm³/mol. The summed E-state index contributed by atoms with van der Waals surface area (Å²) in [5, 5.41) is 13.2. The largest absolute Gasteiger partial charge is 0.476 e. The van der Waals surface area contributed by atoms with Gasteiger partial charge in [0.2, 0.25) is 0 Å². The first-order valence-corrected chi connectivity index (χ1v) is 6.37. The molecule has 4 nitrogen and oxygen atoms in total.